The molecule has 0 atom stereocenters. The summed E-state index contributed by atoms with van der Waals surface area (Å²) in [7, 11) is 1.35. The van der Waals surface area contributed by atoms with E-state index in [1.807, 2.05) is 6.92 Å². The Morgan fingerprint density at radius 1 is 1.33 bits per heavy atom. The van der Waals surface area contributed by atoms with Crippen LogP contribution in [0.5, 0.6) is 11.5 Å². The van der Waals surface area contributed by atoms with Crippen molar-refractivity contribution < 1.29 is 27.4 Å². The van der Waals surface area contributed by atoms with Gasteiger partial charge in [-0.1, -0.05) is 0 Å². The number of aromatic nitrogens is 2. The van der Waals surface area contributed by atoms with Crippen LogP contribution >= 0.6 is 0 Å². The Labute approximate surface area is 136 Å². The minimum atomic E-state index is -4.90. The summed E-state index contributed by atoms with van der Waals surface area (Å²) < 4.78 is 47.9. The summed E-state index contributed by atoms with van der Waals surface area (Å²) in [5.41, 5.74) is 0.313. The summed E-state index contributed by atoms with van der Waals surface area (Å²) in [6.07, 6.45) is -3.16. The van der Waals surface area contributed by atoms with Crippen molar-refractivity contribution in [2.24, 2.45) is 0 Å². The van der Waals surface area contributed by atoms with Crippen LogP contribution in [0.25, 0.3) is 0 Å². The lowest BCUT2D eigenvalue weighted by Gasteiger charge is -2.14. The Bertz CT molecular complexity index is 713. The van der Waals surface area contributed by atoms with Crippen molar-refractivity contribution >= 4 is 5.91 Å². The van der Waals surface area contributed by atoms with E-state index >= 15 is 0 Å². The van der Waals surface area contributed by atoms with Gasteiger partial charge in [0, 0.05) is 12.7 Å². The fourth-order valence-electron chi connectivity index (χ4n) is 1.97. The van der Waals surface area contributed by atoms with Crippen LogP contribution in [0, 0.1) is 0 Å². The SMILES string of the molecule is CCn1ccc(CNC(=O)c2cc(OC)ccc2OC(F)(F)F)n1. The number of hydrogen-bond acceptors (Lipinski definition) is 4. The number of carbonyl (C=O) groups excluding carboxylic acids is 1. The molecule has 1 aromatic heterocycles. The van der Waals surface area contributed by atoms with Gasteiger partial charge in [-0.25, -0.2) is 0 Å². The van der Waals surface area contributed by atoms with Crippen molar-refractivity contribution in [1.82, 2.24) is 15.1 Å². The molecule has 2 aromatic rings. The van der Waals surface area contributed by atoms with Gasteiger partial charge >= 0.3 is 6.36 Å². The quantitative estimate of drug-likeness (QED) is 0.876. The molecule has 1 N–H and O–H groups in total. The standard InChI is InChI=1S/C15H16F3N3O3/c1-3-21-7-6-10(20-21)9-19-14(22)12-8-11(23-2)4-5-13(12)24-15(16,17)18/h4-8H,3,9H2,1-2H3,(H,19,22). The Morgan fingerprint density at radius 3 is 2.67 bits per heavy atom. The Morgan fingerprint density at radius 2 is 2.08 bits per heavy atom. The number of amides is 1. The topological polar surface area (TPSA) is 65.4 Å². The lowest BCUT2D eigenvalue weighted by atomic mass is 10.1. The van der Waals surface area contributed by atoms with Crippen LogP contribution in [0.1, 0.15) is 23.0 Å². The molecule has 0 aliphatic carbocycles. The first-order valence-corrected chi connectivity index (χ1v) is 7.06. The van der Waals surface area contributed by atoms with Gasteiger partial charge in [0.15, 0.2) is 0 Å². The average molecular weight is 343 g/mol. The number of halogens is 3. The molecule has 0 bridgehead atoms. The number of alkyl halides is 3. The summed E-state index contributed by atoms with van der Waals surface area (Å²) in [6.45, 7) is 2.66. The minimum Gasteiger partial charge on any atom is -0.497 e. The third-order valence-electron chi connectivity index (χ3n) is 3.11. The fourth-order valence-corrected chi connectivity index (χ4v) is 1.97. The zero-order valence-electron chi connectivity index (χ0n) is 13.1. The lowest BCUT2D eigenvalue weighted by Crippen LogP contribution is -2.26. The van der Waals surface area contributed by atoms with Gasteiger partial charge in [0.1, 0.15) is 11.5 Å². The Kier molecular flexibility index (Phi) is 5.32. The smallest absolute Gasteiger partial charge is 0.497 e. The second-order valence-corrected chi connectivity index (χ2v) is 4.76. The van der Waals surface area contributed by atoms with E-state index in [-0.39, 0.29) is 17.9 Å². The van der Waals surface area contributed by atoms with Gasteiger partial charge in [-0.3, -0.25) is 9.48 Å². The predicted molar refractivity (Wildman–Crippen MR) is 78.7 cm³/mol. The zero-order valence-corrected chi connectivity index (χ0v) is 13.1. The maximum atomic E-state index is 12.5. The number of nitrogens with one attached hydrogen (secondary N) is 1. The summed E-state index contributed by atoms with van der Waals surface area (Å²) in [6, 6.07) is 5.21. The molecule has 6 nitrogen and oxygen atoms in total. The van der Waals surface area contributed by atoms with Gasteiger partial charge in [-0.2, -0.15) is 5.10 Å². The van der Waals surface area contributed by atoms with E-state index in [0.29, 0.717) is 12.2 Å². The third-order valence-corrected chi connectivity index (χ3v) is 3.11. The van der Waals surface area contributed by atoms with E-state index < -0.39 is 18.0 Å². The summed E-state index contributed by atoms with van der Waals surface area (Å²) in [5.74, 6) is -1.08. The molecule has 9 heteroatoms. The van der Waals surface area contributed by atoms with Crippen molar-refractivity contribution in [3.8, 4) is 11.5 Å². The maximum Gasteiger partial charge on any atom is 0.573 e. The molecule has 1 aromatic carbocycles. The number of nitrogens with zero attached hydrogens (tertiary/aromatic N) is 2. The molecular formula is C15H16F3N3O3. The molecule has 1 heterocycles. The molecule has 0 radical (unpaired) electrons. The normalized spacial score (nSPS) is 11.2. The fraction of sp³-hybridized carbons (Fsp3) is 0.333. The van der Waals surface area contributed by atoms with E-state index in [4.69, 9.17) is 4.74 Å². The highest BCUT2D eigenvalue weighted by Crippen LogP contribution is 2.29. The zero-order chi connectivity index (χ0) is 17.7. The van der Waals surface area contributed by atoms with E-state index in [1.54, 1.807) is 16.9 Å². The van der Waals surface area contributed by atoms with Crippen LogP contribution in [0.2, 0.25) is 0 Å². The molecule has 0 aliphatic rings. The molecule has 0 spiro atoms. The highest BCUT2D eigenvalue weighted by Gasteiger charge is 2.33. The van der Waals surface area contributed by atoms with E-state index in [9.17, 15) is 18.0 Å². The first-order valence-electron chi connectivity index (χ1n) is 7.06. The molecule has 0 saturated heterocycles. The van der Waals surface area contributed by atoms with Crippen LogP contribution < -0.4 is 14.8 Å². The number of rotatable bonds is 6. The number of benzene rings is 1. The largest absolute Gasteiger partial charge is 0.573 e. The highest BCUT2D eigenvalue weighted by molar-refractivity contribution is 5.97. The van der Waals surface area contributed by atoms with Crippen molar-refractivity contribution in [3.05, 3.63) is 41.7 Å². The molecule has 0 saturated carbocycles. The summed E-state index contributed by atoms with van der Waals surface area (Å²) in [5, 5.41) is 6.69. The van der Waals surface area contributed by atoms with Crippen molar-refractivity contribution in [1.29, 1.82) is 0 Å². The Hall–Kier alpha value is -2.71. The van der Waals surface area contributed by atoms with Crippen LogP contribution in [0.15, 0.2) is 30.5 Å². The van der Waals surface area contributed by atoms with E-state index in [2.05, 4.69) is 15.2 Å². The predicted octanol–water partition coefficient (Wildman–Crippen LogP) is 2.74. The van der Waals surface area contributed by atoms with E-state index in [0.717, 1.165) is 6.07 Å². The van der Waals surface area contributed by atoms with Gasteiger partial charge in [0.2, 0.25) is 0 Å². The van der Waals surface area contributed by atoms with Gasteiger partial charge in [0.05, 0.1) is 24.9 Å². The van der Waals surface area contributed by atoms with Crippen LogP contribution in [-0.2, 0) is 13.1 Å². The van der Waals surface area contributed by atoms with Gasteiger partial charge in [-0.05, 0) is 31.2 Å². The minimum absolute atomic E-state index is 0.0779. The highest BCUT2D eigenvalue weighted by atomic mass is 19.4. The van der Waals surface area contributed by atoms with Crippen LogP contribution in [0.4, 0.5) is 13.2 Å². The van der Waals surface area contributed by atoms with Gasteiger partial charge in [-0.15, -0.1) is 13.2 Å². The lowest BCUT2D eigenvalue weighted by molar-refractivity contribution is -0.274. The number of methoxy groups -OCH3 is 1. The second kappa shape index (κ2) is 7.24. The molecule has 0 fully saturated rings. The third kappa shape index (κ3) is 4.64. The van der Waals surface area contributed by atoms with Gasteiger partial charge in [0.25, 0.3) is 5.91 Å². The Balaban J connectivity index is 2.16. The summed E-state index contributed by atoms with van der Waals surface area (Å²) in [4.78, 5) is 12.2. The maximum absolute atomic E-state index is 12.5. The molecule has 130 valence electrons. The van der Waals surface area contributed by atoms with Crippen LogP contribution in [0.3, 0.4) is 0 Å². The molecule has 1 amide bonds. The molecule has 0 aliphatic heterocycles. The van der Waals surface area contributed by atoms with Crippen LogP contribution in [-0.4, -0.2) is 29.2 Å². The number of ether oxygens (including phenoxy) is 2. The molecule has 0 unspecified atom stereocenters. The number of hydrogen-bond donors (Lipinski definition) is 1. The number of aryl methyl sites for hydroxylation is 1. The second-order valence-electron chi connectivity index (χ2n) is 4.76. The first kappa shape index (κ1) is 17.6. The van der Waals surface area contributed by atoms with Crippen molar-refractivity contribution in [3.63, 3.8) is 0 Å². The number of carbonyl (C=O) groups is 1. The summed E-state index contributed by atoms with van der Waals surface area (Å²) >= 11 is 0. The van der Waals surface area contributed by atoms with E-state index in [1.165, 1.54) is 19.2 Å². The first-order chi connectivity index (χ1) is 11.3. The van der Waals surface area contributed by atoms with Gasteiger partial charge < -0.3 is 14.8 Å². The molecule has 2 rings (SSSR count). The average Bonchev–Trinajstić information content (AvgIpc) is 2.99. The molecule has 24 heavy (non-hydrogen) atoms. The van der Waals surface area contributed by atoms with Crippen molar-refractivity contribution in [2.45, 2.75) is 26.4 Å². The van der Waals surface area contributed by atoms with Crippen molar-refractivity contribution in [2.75, 3.05) is 7.11 Å². The molecular weight excluding hydrogens is 327 g/mol. The monoisotopic (exact) mass is 343 g/mol.